The molecule has 84 valence electrons. The Bertz CT molecular complexity index is 365. The molecule has 0 atom stereocenters. The van der Waals surface area contributed by atoms with Crippen LogP contribution in [0.15, 0.2) is 6.20 Å². The van der Waals surface area contributed by atoms with Crippen molar-refractivity contribution >= 4 is 5.91 Å². The van der Waals surface area contributed by atoms with Crippen LogP contribution >= 0.6 is 0 Å². The number of amides is 1. The lowest BCUT2D eigenvalue weighted by molar-refractivity contribution is -0.0759. The van der Waals surface area contributed by atoms with Crippen molar-refractivity contribution in [1.82, 2.24) is 14.8 Å². The highest BCUT2D eigenvalue weighted by Gasteiger charge is 2.24. The van der Waals surface area contributed by atoms with Gasteiger partial charge >= 0.3 is 0 Å². The predicted molar refractivity (Wildman–Crippen MR) is 47.3 cm³/mol. The Morgan fingerprint density at radius 2 is 2.27 bits per heavy atom. The van der Waals surface area contributed by atoms with E-state index in [9.17, 15) is 13.6 Å². The molecule has 1 amide bonds. The fourth-order valence-electron chi connectivity index (χ4n) is 1.08. The zero-order valence-corrected chi connectivity index (χ0v) is 8.57. The monoisotopic (exact) mass is 219 g/mol. The molecular formula is C8H11F2N3O2. The average Bonchev–Trinajstić information content (AvgIpc) is 2.58. The number of aryl methyl sites for hydroxylation is 1. The summed E-state index contributed by atoms with van der Waals surface area (Å²) in [6.45, 7) is 0. The Kier molecular flexibility index (Phi) is 3.35. The van der Waals surface area contributed by atoms with Crippen LogP contribution in [-0.4, -0.2) is 34.9 Å². The summed E-state index contributed by atoms with van der Waals surface area (Å²) in [6.07, 6.45) is -1.55. The molecule has 0 fully saturated rings. The molecule has 1 heterocycles. The van der Waals surface area contributed by atoms with E-state index in [1.807, 2.05) is 0 Å². The molecule has 15 heavy (non-hydrogen) atoms. The van der Waals surface area contributed by atoms with Gasteiger partial charge in [-0.15, -0.1) is 0 Å². The van der Waals surface area contributed by atoms with Crippen molar-refractivity contribution in [2.24, 2.45) is 7.05 Å². The standard InChI is InChI=1S/C8H11F2N3O2/c1-12-4-5(6(11-12)7(9)10)8(14)13(2)15-3/h4,7H,1-3H3. The Balaban J connectivity index is 3.07. The average molecular weight is 219 g/mol. The first-order valence-corrected chi connectivity index (χ1v) is 4.11. The normalized spacial score (nSPS) is 10.8. The van der Waals surface area contributed by atoms with Crippen LogP contribution in [0.5, 0.6) is 0 Å². The first-order chi connectivity index (χ1) is 6.97. The van der Waals surface area contributed by atoms with Crippen LogP contribution in [0.3, 0.4) is 0 Å². The molecule has 0 N–H and O–H groups in total. The van der Waals surface area contributed by atoms with E-state index < -0.39 is 18.0 Å². The van der Waals surface area contributed by atoms with Gasteiger partial charge in [0, 0.05) is 20.3 Å². The summed E-state index contributed by atoms with van der Waals surface area (Å²) in [5, 5.41) is 4.38. The third-order valence-corrected chi connectivity index (χ3v) is 1.85. The molecule has 0 aliphatic heterocycles. The number of rotatable bonds is 3. The minimum absolute atomic E-state index is 0.156. The van der Waals surface area contributed by atoms with Crippen molar-refractivity contribution < 1.29 is 18.4 Å². The summed E-state index contributed by atoms with van der Waals surface area (Å²) < 4.78 is 26.1. The van der Waals surface area contributed by atoms with Crippen LogP contribution in [0, 0.1) is 0 Å². The van der Waals surface area contributed by atoms with Crippen molar-refractivity contribution in [3.63, 3.8) is 0 Å². The molecule has 0 saturated carbocycles. The van der Waals surface area contributed by atoms with Crippen molar-refractivity contribution in [2.45, 2.75) is 6.43 Å². The number of hydrogen-bond acceptors (Lipinski definition) is 3. The minimum Gasteiger partial charge on any atom is -0.275 e. The summed E-state index contributed by atoms with van der Waals surface area (Å²) in [7, 11) is 4.08. The molecule has 0 aromatic carbocycles. The van der Waals surface area contributed by atoms with E-state index in [1.165, 1.54) is 27.4 Å². The van der Waals surface area contributed by atoms with Crippen LogP contribution in [0.25, 0.3) is 0 Å². The van der Waals surface area contributed by atoms with Crippen molar-refractivity contribution in [3.8, 4) is 0 Å². The van der Waals surface area contributed by atoms with E-state index in [4.69, 9.17) is 0 Å². The zero-order valence-electron chi connectivity index (χ0n) is 8.57. The summed E-state index contributed by atoms with van der Waals surface area (Å²) >= 11 is 0. The SMILES string of the molecule is CON(C)C(=O)c1cn(C)nc1C(F)F. The van der Waals surface area contributed by atoms with Gasteiger partial charge in [0.1, 0.15) is 5.69 Å². The highest BCUT2D eigenvalue weighted by Crippen LogP contribution is 2.21. The van der Waals surface area contributed by atoms with Crippen LogP contribution in [0.4, 0.5) is 8.78 Å². The maximum Gasteiger partial charge on any atom is 0.282 e. The van der Waals surface area contributed by atoms with Gasteiger partial charge in [0.15, 0.2) is 0 Å². The lowest BCUT2D eigenvalue weighted by Crippen LogP contribution is -2.26. The Labute approximate surface area is 85.2 Å². The summed E-state index contributed by atoms with van der Waals surface area (Å²) in [4.78, 5) is 16.1. The second kappa shape index (κ2) is 4.35. The van der Waals surface area contributed by atoms with Crippen molar-refractivity contribution in [2.75, 3.05) is 14.2 Å². The zero-order chi connectivity index (χ0) is 11.6. The summed E-state index contributed by atoms with van der Waals surface area (Å²) in [5.74, 6) is -0.652. The van der Waals surface area contributed by atoms with E-state index in [1.54, 1.807) is 0 Å². The molecule has 0 saturated heterocycles. The van der Waals surface area contributed by atoms with Gasteiger partial charge in [0.2, 0.25) is 0 Å². The van der Waals surface area contributed by atoms with Gasteiger partial charge < -0.3 is 0 Å². The van der Waals surface area contributed by atoms with Gasteiger partial charge in [-0.05, 0) is 0 Å². The summed E-state index contributed by atoms with van der Waals surface area (Å²) in [6, 6.07) is 0. The molecule has 1 aromatic heterocycles. The highest BCUT2D eigenvalue weighted by molar-refractivity contribution is 5.94. The number of aromatic nitrogens is 2. The van der Waals surface area contributed by atoms with Gasteiger partial charge in [0.25, 0.3) is 12.3 Å². The molecule has 0 radical (unpaired) electrons. The first-order valence-electron chi connectivity index (χ1n) is 4.11. The van der Waals surface area contributed by atoms with Gasteiger partial charge in [-0.3, -0.25) is 14.3 Å². The Morgan fingerprint density at radius 3 is 2.73 bits per heavy atom. The van der Waals surface area contributed by atoms with Gasteiger partial charge in [-0.1, -0.05) is 0 Å². The molecule has 0 spiro atoms. The quantitative estimate of drug-likeness (QED) is 0.712. The number of hydrogen-bond donors (Lipinski definition) is 0. The third-order valence-electron chi connectivity index (χ3n) is 1.85. The molecule has 7 heteroatoms. The smallest absolute Gasteiger partial charge is 0.275 e. The molecule has 5 nitrogen and oxygen atoms in total. The van der Waals surface area contributed by atoms with Crippen LogP contribution < -0.4 is 0 Å². The van der Waals surface area contributed by atoms with Crippen molar-refractivity contribution in [3.05, 3.63) is 17.5 Å². The fourth-order valence-corrected chi connectivity index (χ4v) is 1.08. The number of hydroxylamine groups is 2. The number of nitrogens with zero attached hydrogens (tertiary/aromatic N) is 3. The molecule has 1 rings (SSSR count). The second-order valence-corrected chi connectivity index (χ2v) is 2.89. The van der Waals surface area contributed by atoms with E-state index in [0.29, 0.717) is 0 Å². The first kappa shape index (κ1) is 11.6. The molecule has 0 unspecified atom stereocenters. The summed E-state index contributed by atoms with van der Waals surface area (Å²) in [5.41, 5.74) is -0.691. The molecular weight excluding hydrogens is 208 g/mol. The molecule has 0 aliphatic rings. The van der Waals surface area contributed by atoms with Gasteiger partial charge in [-0.25, -0.2) is 13.8 Å². The topological polar surface area (TPSA) is 47.4 Å². The predicted octanol–water partition coefficient (Wildman–Crippen LogP) is 0.991. The van der Waals surface area contributed by atoms with E-state index in [-0.39, 0.29) is 5.56 Å². The largest absolute Gasteiger partial charge is 0.282 e. The molecule has 0 bridgehead atoms. The number of carbonyl (C=O) groups excluding carboxylic acids is 1. The van der Waals surface area contributed by atoms with Crippen LogP contribution in [-0.2, 0) is 11.9 Å². The molecule has 0 aliphatic carbocycles. The number of halogens is 2. The lowest BCUT2D eigenvalue weighted by atomic mass is 10.2. The van der Waals surface area contributed by atoms with Crippen LogP contribution in [0.2, 0.25) is 0 Å². The third kappa shape index (κ3) is 2.30. The van der Waals surface area contributed by atoms with Crippen molar-refractivity contribution in [1.29, 1.82) is 0 Å². The highest BCUT2D eigenvalue weighted by atomic mass is 19.3. The second-order valence-electron chi connectivity index (χ2n) is 2.89. The van der Waals surface area contributed by atoms with Gasteiger partial charge in [-0.2, -0.15) is 5.10 Å². The number of alkyl halides is 2. The fraction of sp³-hybridized carbons (Fsp3) is 0.500. The maximum absolute atomic E-state index is 12.5. The lowest BCUT2D eigenvalue weighted by Gasteiger charge is -2.12. The van der Waals surface area contributed by atoms with E-state index in [2.05, 4.69) is 9.94 Å². The van der Waals surface area contributed by atoms with Crippen LogP contribution in [0.1, 0.15) is 22.5 Å². The van der Waals surface area contributed by atoms with E-state index >= 15 is 0 Å². The van der Waals surface area contributed by atoms with Gasteiger partial charge in [0.05, 0.1) is 12.7 Å². The molecule has 1 aromatic rings. The number of carbonyl (C=O) groups is 1. The Morgan fingerprint density at radius 1 is 1.67 bits per heavy atom. The minimum atomic E-state index is -2.78. The maximum atomic E-state index is 12.5. The Hall–Kier alpha value is -1.50. The van der Waals surface area contributed by atoms with E-state index in [0.717, 1.165) is 9.75 Å².